The molecule has 7 heteroatoms. The first-order valence-corrected chi connectivity index (χ1v) is 7.16. The van der Waals surface area contributed by atoms with Gasteiger partial charge in [-0.05, 0) is 29.0 Å². The maximum absolute atomic E-state index is 11.0. The highest BCUT2D eigenvalue weighted by Crippen LogP contribution is 2.25. The lowest BCUT2D eigenvalue weighted by molar-refractivity contribution is -0.138. The van der Waals surface area contributed by atoms with Crippen molar-refractivity contribution in [2.24, 2.45) is 0 Å². The standard InChI is InChI=1S/C13H15BrN4O2/c1-2-4-11(8-12(19)20)18-13(15-16-17-18)9-5-3-6-10(14)7-9/h3,5-7,11H,2,4,8H2,1H3,(H,19,20). The summed E-state index contributed by atoms with van der Waals surface area (Å²) >= 11 is 3.41. The number of carboxylic acids is 1. The molecule has 0 saturated carbocycles. The molecule has 1 heterocycles. The Morgan fingerprint density at radius 2 is 2.30 bits per heavy atom. The minimum Gasteiger partial charge on any atom is -0.481 e. The molecule has 2 aromatic rings. The van der Waals surface area contributed by atoms with Gasteiger partial charge in [0.1, 0.15) is 0 Å². The van der Waals surface area contributed by atoms with Crippen molar-refractivity contribution in [1.82, 2.24) is 20.2 Å². The fourth-order valence-corrected chi connectivity index (χ4v) is 2.50. The topological polar surface area (TPSA) is 80.9 Å². The van der Waals surface area contributed by atoms with Crippen molar-refractivity contribution in [3.05, 3.63) is 28.7 Å². The molecule has 6 nitrogen and oxygen atoms in total. The zero-order chi connectivity index (χ0) is 14.5. The van der Waals surface area contributed by atoms with E-state index in [1.165, 1.54) is 0 Å². The van der Waals surface area contributed by atoms with Gasteiger partial charge in [0.05, 0.1) is 12.5 Å². The van der Waals surface area contributed by atoms with Gasteiger partial charge >= 0.3 is 5.97 Å². The van der Waals surface area contributed by atoms with Gasteiger partial charge in [0, 0.05) is 10.0 Å². The SMILES string of the molecule is CCCC(CC(=O)O)n1nnnc1-c1cccc(Br)c1. The number of hydrogen-bond acceptors (Lipinski definition) is 4. The maximum atomic E-state index is 11.0. The zero-order valence-electron chi connectivity index (χ0n) is 11.0. The largest absolute Gasteiger partial charge is 0.481 e. The van der Waals surface area contributed by atoms with Gasteiger partial charge in [-0.1, -0.05) is 41.4 Å². The van der Waals surface area contributed by atoms with E-state index in [1.807, 2.05) is 31.2 Å². The summed E-state index contributed by atoms with van der Waals surface area (Å²) in [6.45, 7) is 2.01. The number of benzene rings is 1. The van der Waals surface area contributed by atoms with Crippen LogP contribution in [-0.4, -0.2) is 31.3 Å². The van der Waals surface area contributed by atoms with Crippen molar-refractivity contribution >= 4 is 21.9 Å². The average Bonchev–Trinajstić information content (AvgIpc) is 2.86. The second kappa shape index (κ2) is 6.60. The van der Waals surface area contributed by atoms with E-state index in [4.69, 9.17) is 5.11 Å². The Labute approximate surface area is 124 Å². The highest BCUT2D eigenvalue weighted by Gasteiger charge is 2.20. The van der Waals surface area contributed by atoms with Crippen molar-refractivity contribution in [1.29, 1.82) is 0 Å². The lowest BCUT2D eigenvalue weighted by atomic mass is 10.1. The summed E-state index contributed by atoms with van der Waals surface area (Å²) in [5.74, 6) is -0.259. The van der Waals surface area contributed by atoms with Crippen molar-refractivity contribution in [2.75, 3.05) is 0 Å². The van der Waals surface area contributed by atoms with Gasteiger partial charge in [-0.2, -0.15) is 0 Å². The molecule has 0 fully saturated rings. The van der Waals surface area contributed by atoms with E-state index in [0.29, 0.717) is 5.82 Å². The summed E-state index contributed by atoms with van der Waals surface area (Å²) in [5.41, 5.74) is 0.857. The van der Waals surface area contributed by atoms with E-state index >= 15 is 0 Å². The minimum absolute atomic E-state index is 0.0138. The van der Waals surface area contributed by atoms with Gasteiger partial charge in [-0.25, -0.2) is 4.68 Å². The Bertz CT molecular complexity index is 600. The molecular weight excluding hydrogens is 324 g/mol. The average molecular weight is 339 g/mol. The normalized spacial score (nSPS) is 12.3. The number of tetrazole rings is 1. The molecule has 1 aromatic heterocycles. The van der Waals surface area contributed by atoms with Crippen LogP contribution < -0.4 is 0 Å². The molecule has 20 heavy (non-hydrogen) atoms. The van der Waals surface area contributed by atoms with Crippen molar-refractivity contribution in [2.45, 2.75) is 32.2 Å². The minimum atomic E-state index is -0.848. The molecule has 0 radical (unpaired) electrons. The van der Waals surface area contributed by atoms with Crippen LogP contribution in [0.25, 0.3) is 11.4 Å². The molecule has 1 N–H and O–H groups in total. The van der Waals surface area contributed by atoms with E-state index in [0.717, 1.165) is 22.9 Å². The van der Waals surface area contributed by atoms with Gasteiger partial charge in [0.15, 0.2) is 5.82 Å². The van der Waals surface area contributed by atoms with Crippen molar-refractivity contribution in [3.63, 3.8) is 0 Å². The lowest BCUT2D eigenvalue weighted by Gasteiger charge is -2.15. The summed E-state index contributed by atoms with van der Waals surface area (Å²) in [7, 11) is 0. The second-order valence-electron chi connectivity index (χ2n) is 4.50. The highest BCUT2D eigenvalue weighted by atomic mass is 79.9. The number of carboxylic acid groups (broad SMARTS) is 1. The van der Waals surface area contributed by atoms with E-state index in [9.17, 15) is 4.79 Å². The highest BCUT2D eigenvalue weighted by molar-refractivity contribution is 9.10. The lowest BCUT2D eigenvalue weighted by Crippen LogP contribution is -2.16. The molecular formula is C13H15BrN4O2. The molecule has 0 bridgehead atoms. The first kappa shape index (κ1) is 14.6. The molecule has 0 amide bonds. The van der Waals surface area contributed by atoms with Crippen molar-refractivity contribution in [3.8, 4) is 11.4 Å². The van der Waals surface area contributed by atoms with E-state index in [2.05, 4.69) is 31.5 Å². The molecule has 0 aliphatic carbocycles. The van der Waals surface area contributed by atoms with Crippen LogP contribution in [0.15, 0.2) is 28.7 Å². The van der Waals surface area contributed by atoms with Crippen LogP contribution in [0.4, 0.5) is 0 Å². The Kier molecular flexibility index (Phi) is 4.84. The predicted octanol–water partition coefficient (Wildman–Crippen LogP) is 2.92. The molecule has 1 aromatic carbocycles. The zero-order valence-corrected chi connectivity index (χ0v) is 12.6. The fourth-order valence-electron chi connectivity index (χ4n) is 2.10. The molecule has 2 rings (SSSR count). The van der Waals surface area contributed by atoms with Crippen LogP contribution in [0.2, 0.25) is 0 Å². The van der Waals surface area contributed by atoms with Crippen LogP contribution in [0.5, 0.6) is 0 Å². The van der Waals surface area contributed by atoms with Crippen LogP contribution in [0, 0.1) is 0 Å². The number of halogens is 1. The summed E-state index contributed by atoms with van der Waals surface area (Å²) in [4.78, 5) is 11.0. The molecule has 106 valence electrons. The number of nitrogens with zero attached hydrogens (tertiary/aromatic N) is 4. The molecule has 0 spiro atoms. The number of aliphatic carboxylic acids is 1. The quantitative estimate of drug-likeness (QED) is 0.875. The van der Waals surface area contributed by atoms with Crippen LogP contribution in [-0.2, 0) is 4.79 Å². The van der Waals surface area contributed by atoms with Crippen LogP contribution in [0.3, 0.4) is 0 Å². The molecule has 0 aliphatic rings. The van der Waals surface area contributed by atoms with E-state index in [1.54, 1.807) is 4.68 Å². The first-order chi connectivity index (χ1) is 9.61. The summed E-state index contributed by atoms with van der Waals surface area (Å²) in [5, 5.41) is 20.7. The number of rotatable bonds is 6. The number of aromatic nitrogens is 4. The van der Waals surface area contributed by atoms with Gasteiger partial charge < -0.3 is 5.11 Å². The summed E-state index contributed by atoms with van der Waals surface area (Å²) in [6, 6.07) is 7.38. The van der Waals surface area contributed by atoms with Crippen LogP contribution in [0.1, 0.15) is 32.2 Å². The Morgan fingerprint density at radius 3 is 2.95 bits per heavy atom. The molecule has 1 unspecified atom stereocenters. The summed E-state index contributed by atoms with van der Waals surface area (Å²) in [6.07, 6.45) is 1.61. The summed E-state index contributed by atoms with van der Waals surface area (Å²) < 4.78 is 2.54. The Balaban J connectivity index is 2.37. The van der Waals surface area contributed by atoms with Gasteiger partial charge in [0.25, 0.3) is 0 Å². The maximum Gasteiger partial charge on any atom is 0.305 e. The fraction of sp³-hybridized carbons (Fsp3) is 0.385. The van der Waals surface area contributed by atoms with E-state index < -0.39 is 5.97 Å². The third-order valence-corrected chi connectivity index (χ3v) is 3.45. The molecule has 0 aliphatic heterocycles. The third kappa shape index (κ3) is 3.41. The smallest absolute Gasteiger partial charge is 0.305 e. The predicted molar refractivity (Wildman–Crippen MR) is 77.2 cm³/mol. The molecule has 0 saturated heterocycles. The van der Waals surface area contributed by atoms with Crippen LogP contribution >= 0.6 is 15.9 Å². The first-order valence-electron chi connectivity index (χ1n) is 6.37. The van der Waals surface area contributed by atoms with Gasteiger partial charge in [-0.3, -0.25) is 4.79 Å². The Hall–Kier alpha value is -1.76. The van der Waals surface area contributed by atoms with Gasteiger partial charge in [0.2, 0.25) is 0 Å². The number of carbonyl (C=O) groups is 1. The van der Waals surface area contributed by atoms with Crippen molar-refractivity contribution < 1.29 is 9.90 Å². The van der Waals surface area contributed by atoms with Gasteiger partial charge in [-0.15, -0.1) is 5.10 Å². The monoisotopic (exact) mass is 338 g/mol. The molecule has 1 atom stereocenters. The Morgan fingerprint density at radius 1 is 1.50 bits per heavy atom. The third-order valence-electron chi connectivity index (χ3n) is 2.95. The van der Waals surface area contributed by atoms with E-state index in [-0.39, 0.29) is 12.5 Å². The number of hydrogen-bond donors (Lipinski definition) is 1. The second-order valence-corrected chi connectivity index (χ2v) is 5.41.